The van der Waals surface area contributed by atoms with E-state index >= 15 is 0 Å². The zero-order chi connectivity index (χ0) is 31.5. The van der Waals surface area contributed by atoms with Crippen molar-refractivity contribution < 1.29 is 22.7 Å². The van der Waals surface area contributed by atoms with Gasteiger partial charge in [0.25, 0.3) is 0 Å². The second-order valence-corrected chi connectivity index (χ2v) is 13.6. The lowest BCUT2D eigenvalue weighted by molar-refractivity contribution is -0.141. The Labute approximate surface area is 262 Å². The Morgan fingerprint density at radius 3 is 2.18 bits per heavy atom. The minimum atomic E-state index is -3.59. The van der Waals surface area contributed by atoms with Crippen LogP contribution in [-0.2, 0) is 32.6 Å². The maximum absolute atomic E-state index is 14.1. The Morgan fingerprint density at radius 2 is 1.57 bits per heavy atom. The minimum Gasteiger partial charge on any atom is -0.497 e. The van der Waals surface area contributed by atoms with E-state index in [-0.39, 0.29) is 37.4 Å². The van der Waals surface area contributed by atoms with Crippen molar-refractivity contribution in [3.05, 3.63) is 95.6 Å². The van der Waals surface area contributed by atoms with Gasteiger partial charge in [-0.3, -0.25) is 13.9 Å². The predicted octanol–water partition coefficient (Wildman–Crippen LogP) is 5.64. The summed E-state index contributed by atoms with van der Waals surface area (Å²) in [5.74, 6) is 0.297. The number of ether oxygens (including phenoxy) is 1. The average Bonchev–Trinajstić information content (AvgIpc) is 3.02. The number of methoxy groups -OCH3 is 1. The van der Waals surface area contributed by atoms with Gasteiger partial charge in [0.1, 0.15) is 11.8 Å². The molecule has 0 spiro atoms. The maximum Gasteiger partial charge on any atom is 0.243 e. The van der Waals surface area contributed by atoms with Crippen LogP contribution in [0.15, 0.2) is 78.9 Å². The molecule has 44 heavy (non-hydrogen) atoms. The van der Waals surface area contributed by atoms with Gasteiger partial charge in [-0.05, 0) is 61.6 Å². The summed E-state index contributed by atoms with van der Waals surface area (Å²) < 4.78 is 31.9. The molecule has 1 aliphatic rings. The number of aryl methyl sites for hydroxylation is 1. The first kappa shape index (κ1) is 33.1. The van der Waals surface area contributed by atoms with Crippen molar-refractivity contribution in [3.63, 3.8) is 0 Å². The third-order valence-electron chi connectivity index (χ3n) is 8.21. The summed E-state index contributed by atoms with van der Waals surface area (Å²) in [5.41, 5.74) is 3.53. The molecule has 1 atom stereocenters. The topological polar surface area (TPSA) is 96.0 Å². The van der Waals surface area contributed by atoms with Crippen molar-refractivity contribution >= 4 is 27.5 Å². The number of hydrogen-bond acceptors (Lipinski definition) is 5. The van der Waals surface area contributed by atoms with Gasteiger partial charge >= 0.3 is 0 Å². The van der Waals surface area contributed by atoms with Crippen LogP contribution < -0.4 is 14.4 Å². The molecule has 1 saturated carbocycles. The van der Waals surface area contributed by atoms with Gasteiger partial charge in [0.05, 0.1) is 19.1 Å². The lowest BCUT2D eigenvalue weighted by Gasteiger charge is -2.34. The van der Waals surface area contributed by atoms with Crippen LogP contribution in [0.5, 0.6) is 5.75 Å². The third kappa shape index (κ3) is 9.58. The fraction of sp³-hybridized carbons (Fsp3) is 0.429. The Bertz CT molecular complexity index is 1450. The number of sulfonamides is 1. The van der Waals surface area contributed by atoms with Gasteiger partial charge in [-0.15, -0.1) is 0 Å². The number of rotatable bonds is 14. The van der Waals surface area contributed by atoms with Crippen molar-refractivity contribution in [2.24, 2.45) is 0 Å². The molecule has 9 heteroatoms. The summed E-state index contributed by atoms with van der Waals surface area (Å²) >= 11 is 0. The highest BCUT2D eigenvalue weighted by Gasteiger charge is 2.32. The van der Waals surface area contributed by atoms with Crippen LogP contribution in [0.4, 0.5) is 5.69 Å². The van der Waals surface area contributed by atoms with Crippen molar-refractivity contribution in [2.45, 2.75) is 76.9 Å². The number of amides is 2. The summed E-state index contributed by atoms with van der Waals surface area (Å²) in [6.07, 6.45) is 7.19. The Hall–Kier alpha value is -3.85. The van der Waals surface area contributed by atoms with E-state index in [4.69, 9.17) is 4.74 Å². The van der Waals surface area contributed by atoms with Gasteiger partial charge in [-0.1, -0.05) is 79.4 Å². The quantitative estimate of drug-likeness (QED) is 0.252. The zero-order valence-electron chi connectivity index (χ0n) is 26.1. The predicted molar refractivity (Wildman–Crippen MR) is 175 cm³/mol. The summed E-state index contributed by atoms with van der Waals surface area (Å²) in [6, 6.07) is 24.0. The number of anilines is 1. The highest BCUT2D eigenvalue weighted by molar-refractivity contribution is 7.92. The molecule has 2 amide bonds. The van der Waals surface area contributed by atoms with Gasteiger partial charge in [0, 0.05) is 32.0 Å². The Kier molecular flexibility index (Phi) is 11.8. The summed E-state index contributed by atoms with van der Waals surface area (Å²) in [4.78, 5) is 29.7. The average molecular weight is 620 g/mol. The Morgan fingerprint density at radius 1 is 0.909 bits per heavy atom. The standard InChI is InChI=1S/C35H45N3O5S/c1-27-16-18-29(19-17-27)26-37(33(25-28-11-6-4-7-12-28)35(40)36-30-13-8-5-9-14-30)34(39)15-10-24-38(44(3,41)42)31-20-22-32(43-2)23-21-31/h4,6-7,11-12,16-23,30,33H,5,8-10,13-15,24-26H2,1-3H3,(H,36,40). The SMILES string of the molecule is COc1ccc(N(CCCC(=O)N(Cc2ccc(C)cc2)C(Cc2ccccc2)C(=O)NC2CCCCC2)S(C)(=O)=O)cc1. The molecular weight excluding hydrogens is 574 g/mol. The summed E-state index contributed by atoms with van der Waals surface area (Å²) in [6.45, 7) is 2.43. The van der Waals surface area contributed by atoms with Crippen molar-refractivity contribution in [1.82, 2.24) is 10.2 Å². The number of carbonyl (C=O) groups is 2. The molecule has 1 aliphatic carbocycles. The highest BCUT2D eigenvalue weighted by atomic mass is 32.2. The molecule has 0 aliphatic heterocycles. The van der Waals surface area contributed by atoms with E-state index in [1.165, 1.54) is 10.7 Å². The number of benzene rings is 3. The molecule has 3 aromatic carbocycles. The molecule has 0 aromatic heterocycles. The zero-order valence-corrected chi connectivity index (χ0v) is 26.9. The molecular formula is C35H45N3O5S. The smallest absolute Gasteiger partial charge is 0.243 e. The molecule has 4 rings (SSSR count). The van der Waals surface area contributed by atoms with Crippen molar-refractivity contribution in [3.8, 4) is 5.75 Å². The number of nitrogens with one attached hydrogen (secondary N) is 1. The van der Waals surface area contributed by atoms with Crippen LogP contribution in [-0.4, -0.2) is 57.1 Å². The normalized spacial score (nSPS) is 14.4. The van der Waals surface area contributed by atoms with Gasteiger partial charge in [-0.25, -0.2) is 8.42 Å². The highest BCUT2D eigenvalue weighted by Crippen LogP contribution is 2.24. The van der Waals surface area contributed by atoms with E-state index in [1.54, 1.807) is 36.3 Å². The van der Waals surface area contributed by atoms with E-state index in [1.807, 2.05) is 61.5 Å². The van der Waals surface area contributed by atoms with Crippen molar-refractivity contribution in [2.75, 3.05) is 24.2 Å². The second kappa shape index (κ2) is 15.7. The van der Waals surface area contributed by atoms with Crippen LogP contribution in [0, 0.1) is 6.92 Å². The molecule has 0 bridgehead atoms. The van der Waals surface area contributed by atoms with Gasteiger partial charge in [0.15, 0.2) is 0 Å². The molecule has 0 heterocycles. The minimum absolute atomic E-state index is 0.0933. The molecule has 1 N–H and O–H groups in total. The summed E-state index contributed by atoms with van der Waals surface area (Å²) in [7, 11) is -2.04. The molecule has 1 fully saturated rings. The van der Waals surface area contributed by atoms with E-state index in [0.717, 1.165) is 48.6 Å². The maximum atomic E-state index is 14.1. The van der Waals surface area contributed by atoms with E-state index in [0.29, 0.717) is 24.3 Å². The monoisotopic (exact) mass is 619 g/mol. The molecule has 236 valence electrons. The molecule has 8 nitrogen and oxygen atoms in total. The van der Waals surface area contributed by atoms with Crippen LogP contribution in [0.3, 0.4) is 0 Å². The van der Waals surface area contributed by atoms with Crippen LogP contribution >= 0.6 is 0 Å². The first-order chi connectivity index (χ1) is 21.1. The van der Waals surface area contributed by atoms with Gasteiger partial charge in [0.2, 0.25) is 21.8 Å². The van der Waals surface area contributed by atoms with E-state index in [9.17, 15) is 18.0 Å². The second-order valence-electron chi connectivity index (χ2n) is 11.7. The molecule has 3 aromatic rings. The fourth-order valence-electron chi connectivity index (χ4n) is 5.74. The Balaban J connectivity index is 1.57. The molecule has 1 unspecified atom stereocenters. The first-order valence-corrected chi connectivity index (χ1v) is 17.3. The third-order valence-corrected chi connectivity index (χ3v) is 9.40. The molecule has 0 saturated heterocycles. The van der Waals surface area contributed by atoms with Crippen molar-refractivity contribution in [1.29, 1.82) is 0 Å². The van der Waals surface area contributed by atoms with Gasteiger partial charge < -0.3 is 15.0 Å². The fourth-order valence-corrected chi connectivity index (χ4v) is 6.71. The summed E-state index contributed by atoms with van der Waals surface area (Å²) in [5, 5.41) is 3.26. The van der Waals surface area contributed by atoms with Crippen LogP contribution in [0.2, 0.25) is 0 Å². The first-order valence-electron chi connectivity index (χ1n) is 15.4. The lowest BCUT2D eigenvalue weighted by atomic mass is 9.94. The van der Waals surface area contributed by atoms with Crippen LogP contribution in [0.25, 0.3) is 0 Å². The van der Waals surface area contributed by atoms with Gasteiger partial charge in [-0.2, -0.15) is 0 Å². The number of hydrogen-bond donors (Lipinski definition) is 1. The lowest BCUT2D eigenvalue weighted by Crippen LogP contribution is -2.52. The van der Waals surface area contributed by atoms with E-state index < -0.39 is 16.1 Å². The largest absolute Gasteiger partial charge is 0.497 e. The van der Waals surface area contributed by atoms with E-state index in [2.05, 4.69) is 5.32 Å². The molecule has 0 radical (unpaired) electrons. The van der Waals surface area contributed by atoms with Crippen LogP contribution in [0.1, 0.15) is 61.6 Å². The number of carbonyl (C=O) groups excluding carboxylic acids is 2. The number of nitrogens with zero attached hydrogens (tertiary/aromatic N) is 2.